The summed E-state index contributed by atoms with van der Waals surface area (Å²) in [5.41, 5.74) is 1.06. The SMILES string of the molecule is [CH2]CCc1ccc(Cl)cn1. The first-order valence-electron chi connectivity index (χ1n) is 3.22. The summed E-state index contributed by atoms with van der Waals surface area (Å²) in [5.74, 6) is 0. The fourth-order valence-electron chi connectivity index (χ4n) is 0.735. The normalized spacial score (nSPS) is 9.80. The molecule has 0 aromatic carbocycles. The van der Waals surface area contributed by atoms with Crippen molar-refractivity contribution in [3.63, 3.8) is 0 Å². The smallest absolute Gasteiger partial charge is 0.0589 e. The van der Waals surface area contributed by atoms with Crippen molar-refractivity contribution >= 4 is 11.6 Å². The van der Waals surface area contributed by atoms with Crippen LogP contribution in [-0.2, 0) is 6.42 Å². The van der Waals surface area contributed by atoms with Gasteiger partial charge in [0.05, 0.1) is 5.02 Å². The third-order valence-electron chi connectivity index (χ3n) is 1.22. The second kappa shape index (κ2) is 3.57. The van der Waals surface area contributed by atoms with Crippen LogP contribution >= 0.6 is 11.6 Å². The van der Waals surface area contributed by atoms with Crippen LogP contribution in [-0.4, -0.2) is 4.98 Å². The highest BCUT2D eigenvalue weighted by Gasteiger charge is 1.90. The average Bonchev–Trinajstić information content (AvgIpc) is 1.95. The number of hydrogen-bond donors (Lipinski definition) is 0. The van der Waals surface area contributed by atoms with Crippen molar-refractivity contribution in [2.75, 3.05) is 0 Å². The Labute approximate surface area is 66.0 Å². The summed E-state index contributed by atoms with van der Waals surface area (Å²) < 4.78 is 0. The van der Waals surface area contributed by atoms with E-state index >= 15 is 0 Å². The van der Waals surface area contributed by atoms with Crippen LogP contribution in [0.1, 0.15) is 12.1 Å². The predicted octanol–water partition coefficient (Wildman–Crippen LogP) is 2.50. The maximum atomic E-state index is 5.63. The first-order valence-corrected chi connectivity index (χ1v) is 3.60. The molecule has 10 heavy (non-hydrogen) atoms. The molecule has 0 fully saturated rings. The van der Waals surface area contributed by atoms with Crippen LogP contribution in [0.2, 0.25) is 5.02 Å². The first kappa shape index (κ1) is 7.55. The Bertz CT molecular complexity index is 193. The number of halogens is 1. The van der Waals surface area contributed by atoms with Gasteiger partial charge in [0.25, 0.3) is 0 Å². The number of aryl methyl sites for hydroxylation is 1. The molecule has 0 aliphatic carbocycles. The van der Waals surface area contributed by atoms with E-state index in [1.165, 1.54) is 0 Å². The molecule has 0 saturated carbocycles. The minimum atomic E-state index is 0.688. The van der Waals surface area contributed by atoms with Crippen molar-refractivity contribution in [3.05, 3.63) is 36.0 Å². The van der Waals surface area contributed by atoms with Crippen LogP contribution in [0.15, 0.2) is 18.3 Å². The van der Waals surface area contributed by atoms with Crippen LogP contribution in [0, 0.1) is 6.92 Å². The van der Waals surface area contributed by atoms with E-state index in [1.807, 2.05) is 12.1 Å². The standard InChI is InChI=1S/C8H9ClN/c1-2-3-8-5-4-7(9)6-10-8/h4-6H,1-3H2. The molecule has 1 radical (unpaired) electrons. The van der Waals surface area contributed by atoms with Crippen LogP contribution in [0.4, 0.5) is 0 Å². The summed E-state index contributed by atoms with van der Waals surface area (Å²) in [4.78, 5) is 4.10. The van der Waals surface area contributed by atoms with Crippen molar-refractivity contribution in [1.29, 1.82) is 0 Å². The minimum Gasteiger partial charge on any atom is -0.260 e. The molecule has 0 spiro atoms. The van der Waals surface area contributed by atoms with E-state index in [1.54, 1.807) is 6.20 Å². The Morgan fingerprint density at radius 2 is 2.30 bits per heavy atom. The highest BCUT2D eigenvalue weighted by molar-refractivity contribution is 6.30. The van der Waals surface area contributed by atoms with Gasteiger partial charge in [-0.2, -0.15) is 0 Å². The largest absolute Gasteiger partial charge is 0.260 e. The Hall–Kier alpha value is -0.560. The Balaban J connectivity index is 2.69. The summed E-state index contributed by atoms with van der Waals surface area (Å²) in [5, 5.41) is 0.688. The fraction of sp³-hybridized carbons (Fsp3) is 0.250. The molecule has 1 rings (SSSR count). The number of pyridine rings is 1. The summed E-state index contributed by atoms with van der Waals surface area (Å²) in [7, 11) is 0. The summed E-state index contributed by atoms with van der Waals surface area (Å²) in [6.07, 6.45) is 3.47. The van der Waals surface area contributed by atoms with Gasteiger partial charge in [-0.25, -0.2) is 0 Å². The lowest BCUT2D eigenvalue weighted by atomic mass is 10.2. The molecule has 1 heterocycles. The fourth-order valence-corrected chi connectivity index (χ4v) is 0.847. The molecule has 0 unspecified atom stereocenters. The van der Waals surface area contributed by atoms with Gasteiger partial charge < -0.3 is 0 Å². The van der Waals surface area contributed by atoms with E-state index < -0.39 is 0 Å². The van der Waals surface area contributed by atoms with E-state index in [9.17, 15) is 0 Å². The number of hydrogen-bond acceptors (Lipinski definition) is 1. The molecule has 53 valence electrons. The van der Waals surface area contributed by atoms with Gasteiger partial charge >= 0.3 is 0 Å². The van der Waals surface area contributed by atoms with Crippen molar-refractivity contribution in [2.45, 2.75) is 12.8 Å². The zero-order chi connectivity index (χ0) is 7.40. The lowest BCUT2D eigenvalue weighted by Crippen LogP contribution is -1.86. The molecule has 0 saturated heterocycles. The van der Waals surface area contributed by atoms with E-state index in [0.29, 0.717) is 5.02 Å². The lowest BCUT2D eigenvalue weighted by Gasteiger charge is -1.95. The Morgan fingerprint density at radius 3 is 2.80 bits per heavy atom. The van der Waals surface area contributed by atoms with Crippen LogP contribution < -0.4 is 0 Å². The minimum absolute atomic E-state index is 0.688. The van der Waals surface area contributed by atoms with Gasteiger partial charge in [-0.3, -0.25) is 4.98 Å². The van der Waals surface area contributed by atoms with Gasteiger partial charge in [-0.05, 0) is 25.0 Å². The van der Waals surface area contributed by atoms with Crippen molar-refractivity contribution in [2.24, 2.45) is 0 Å². The summed E-state index contributed by atoms with van der Waals surface area (Å²) in [6, 6.07) is 3.77. The highest BCUT2D eigenvalue weighted by atomic mass is 35.5. The van der Waals surface area contributed by atoms with Gasteiger partial charge in [-0.1, -0.05) is 18.5 Å². The highest BCUT2D eigenvalue weighted by Crippen LogP contribution is 2.06. The lowest BCUT2D eigenvalue weighted by molar-refractivity contribution is 0.942. The van der Waals surface area contributed by atoms with Crippen LogP contribution in [0.25, 0.3) is 0 Å². The Kier molecular flexibility index (Phi) is 2.69. The van der Waals surface area contributed by atoms with Gasteiger partial charge in [0.1, 0.15) is 0 Å². The second-order valence-electron chi connectivity index (χ2n) is 2.07. The third kappa shape index (κ3) is 1.99. The molecular weight excluding hydrogens is 146 g/mol. The van der Waals surface area contributed by atoms with Gasteiger partial charge in [0.15, 0.2) is 0 Å². The Morgan fingerprint density at radius 1 is 1.50 bits per heavy atom. The average molecular weight is 155 g/mol. The zero-order valence-electron chi connectivity index (χ0n) is 5.68. The van der Waals surface area contributed by atoms with Gasteiger partial charge in [0, 0.05) is 11.9 Å². The van der Waals surface area contributed by atoms with Gasteiger partial charge in [0.2, 0.25) is 0 Å². The maximum absolute atomic E-state index is 5.63. The number of nitrogens with zero attached hydrogens (tertiary/aromatic N) is 1. The molecule has 0 amide bonds. The molecule has 1 aromatic heterocycles. The van der Waals surface area contributed by atoms with Crippen molar-refractivity contribution < 1.29 is 0 Å². The molecule has 0 aliphatic heterocycles. The molecule has 1 nitrogen and oxygen atoms in total. The molecule has 0 aliphatic rings. The van der Waals surface area contributed by atoms with Crippen LogP contribution in [0.5, 0.6) is 0 Å². The van der Waals surface area contributed by atoms with E-state index in [4.69, 9.17) is 11.6 Å². The predicted molar refractivity (Wildman–Crippen MR) is 42.9 cm³/mol. The summed E-state index contributed by atoms with van der Waals surface area (Å²) >= 11 is 5.63. The van der Waals surface area contributed by atoms with Crippen molar-refractivity contribution in [3.8, 4) is 0 Å². The number of aromatic nitrogens is 1. The topological polar surface area (TPSA) is 12.9 Å². The molecule has 2 heteroatoms. The molecule has 0 atom stereocenters. The second-order valence-corrected chi connectivity index (χ2v) is 2.51. The molecule has 1 aromatic rings. The zero-order valence-corrected chi connectivity index (χ0v) is 6.43. The quantitative estimate of drug-likeness (QED) is 0.638. The van der Waals surface area contributed by atoms with E-state index in [-0.39, 0.29) is 0 Å². The maximum Gasteiger partial charge on any atom is 0.0589 e. The van der Waals surface area contributed by atoms with E-state index in [0.717, 1.165) is 18.5 Å². The van der Waals surface area contributed by atoms with Crippen molar-refractivity contribution in [1.82, 2.24) is 4.98 Å². The van der Waals surface area contributed by atoms with Crippen LogP contribution in [0.3, 0.4) is 0 Å². The monoisotopic (exact) mass is 154 g/mol. The number of rotatable bonds is 2. The third-order valence-corrected chi connectivity index (χ3v) is 1.45. The van der Waals surface area contributed by atoms with E-state index in [2.05, 4.69) is 11.9 Å². The molecule has 0 N–H and O–H groups in total. The van der Waals surface area contributed by atoms with Gasteiger partial charge in [-0.15, -0.1) is 0 Å². The molecule has 0 bridgehead atoms. The first-order chi connectivity index (χ1) is 4.83. The summed E-state index contributed by atoms with van der Waals surface area (Å²) in [6.45, 7) is 3.73. The molecular formula is C8H9ClN.